The average molecular weight is 417 g/mol. The lowest BCUT2D eigenvalue weighted by atomic mass is 9.97. The molecule has 0 aromatic carbocycles. The van der Waals surface area contributed by atoms with Crippen molar-refractivity contribution >= 4 is 40.6 Å². The number of hydrogen-bond acceptors (Lipinski definition) is 7. The van der Waals surface area contributed by atoms with Gasteiger partial charge in [-0.2, -0.15) is 0 Å². The maximum Gasteiger partial charge on any atom is 0.350 e. The van der Waals surface area contributed by atoms with Crippen molar-refractivity contribution in [2.24, 2.45) is 5.92 Å². The number of piperidine rings is 1. The van der Waals surface area contributed by atoms with E-state index >= 15 is 0 Å². The van der Waals surface area contributed by atoms with Crippen LogP contribution in [0.3, 0.4) is 0 Å². The summed E-state index contributed by atoms with van der Waals surface area (Å²) in [4.78, 5) is 43.4. The first-order valence-electron chi connectivity index (χ1n) is 9.39. The molecule has 2 aromatic rings. The van der Waals surface area contributed by atoms with Crippen LogP contribution < -0.4 is 10.6 Å². The predicted molar refractivity (Wildman–Crippen MR) is 111 cm³/mol. The molecule has 0 aliphatic carbocycles. The minimum Gasteiger partial charge on any atom is -0.465 e. The van der Waals surface area contributed by atoms with Crippen molar-refractivity contribution in [3.8, 4) is 0 Å². The zero-order valence-electron chi connectivity index (χ0n) is 16.4. The zero-order valence-corrected chi connectivity index (χ0v) is 17.3. The average Bonchev–Trinajstić information content (AvgIpc) is 3.15. The molecule has 0 spiro atoms. The van der Waals surface area contributed by atoms with Gasteiger partial charge in [-0.25, -0.2) is 9.78 Å². The number of nitrogens with zero attached hydrogens (tertiary/aromatic N) is 2. The van der Waals surface area contributed by atoms with Gasteiger partial charge in [0.05, 0.1) is 25.3 Å². The van der Waals surface area contributed by atoms with Crippen LogP contribution in [0.25, 0.3) is 0 Å². The normalized spacial score (nSPS) is 16.8. The van der Waals surface area contributed by atoms with E-state index in [0.29, 0.717) is 22.9 Å². The first kappa shape index (κ1) is 20.9. The summed E-state index contributed by atoms with van der Waals surface area (Å²) in [5, 5.41) is 7.35. The quantitative estimate of drug-likeness (QED) is 0.702. The third-order valence-electron chi connectivity index (χ3n) is 4.69. The number of aromatic nitrogens is 1. The van der Waals surface area contributed by atoms with Crippen molar-refractivity contribution < 1.29 is 19.1 Å². The molecule has 1 atom stereocenters. The molecule has 154 valence electrons. The Labute approximate surface area is 173 Å². The Morgan fingerprint density at radius 2 is 2.10 bits per heavy atom. The molecule has 1 aliphatic rings. The van der Waals surface area contributed by atoms with Gasteiger partial charge >= 0.3 is 5.97 Å². The Hall–Kier alpha value is -2.78. The second-order valence-electron chi connectivity index (χ2n) is 6.93. The minimum absolute atomic E-state index is 0.0842. The molecule has 1 aliphatic heterocycles. The van der Waals surface area contributed by atoms with E-state index in [0.717, 1.165) is 25.1 Å². The Morgan fingerprint density at radius 3 is 2.86 bits per heavy atom. The molecule has 3 rings (SSSR count). The van der Waals surface area contributed by atoms with Gasteiger partial charge in [0.25, 0.3) is 0 Å². The number of thiophene rings is 1. The molecule has 1 saturated heterocycles. The topological polar surface area (TPSA) is 101 Å². The molecule has 8 nitrogen and oxygen atoms in total. The van der Waals surface area contributed by atoms with Crippen LogP contribution in [0.15, 0.2) is 29.6 Å². The Balaban J connectivity index is 1.54. The smallest absolute Gasteiger partial charge is 0.350 e. The van der Waals surface area contributed by atoms with Gasteiger partial charge in [0.15, 0.2) is 0 Å². The summed E-state index contributed by atoms with van der Waals surface area (Å²) >= 11 is 1.21. The van der Waals surface area contributed by atoms with E-state index in [4.69, 9.17) is 4.74 Å². The number of ether oxygens (including phenoxy) is 1. The van der Waals surface area contributed by atoms with Crippen molar-refractivity contribution in [3.05, 3.63) is 40.2 Å². The monoisotopic (exact) mass is 416 g/mol. The van der Waals surface area contributed by atoms with E-state index < -0.39 is 5.97 Å². The van der Waals surface area contributed by atoms with Crippen LogP contribution in [0, 0.1) is 12.8 Å². The van der Waals surface area contributed by atoms with Crippen LogP contribution in [-0.2, 0) is 14.3 Å². The highest BCUT2D eigenvalue weighted by Gasteiger charge is 2.27. The third-order valence-corrected chi connectivity index (χ3v) is 5.59. The summed E-state index contributed by atoms with van der Waals surface area (Å²) in [5.41, 5.74) is 1.29. The molecule has 0 saturated carbocycles. The van der Waals surface area contributed by atoms with Gasteiger partial charge in [-0.15, -0.1) is 11.3 Å². The maximum atomic E-state index is 12.6. The molecule has 3 heterocycles. The molecule has 1 fully saturated rings. The number of methoxy groups -OCH3 is 1. The molecule has 2 aromatic heterocycles. The van der Waals surface area contributed by atoms with E-state index in [1.807, 2.05) is 24.0 Å². The summed E-state index contributed by atoms with van der Waals surface area (Å²) < 4.78 is 4.72. The molecule has 9 heteroatoms. The standard InChI is InChI=1S/C20H24N4O4S/c1-13-5-3-7-16(21-13)23-19(26)14-6-4-9-24(11-14)12-17(25)22-15-8-10-29-18(15)20(27)28-2/h3,5,7-8,10,14H,4,6,9,11-12H2,1-2H3,(H,22,25)(H,21,23,26). The number of carbonyl (C=O) groups excluding carboxylic acids is 3. The Bertz CT molecular complexity index is 898. The third kappa shape index (κ3) is 5.61. The number of rotatable bonds is 6. The molecular weight excluding hydrogens is 392 g/mol. The highest BCUT2D eigenvalue weighted by molar-refractivity contribution is 7.12. The summed E-state index contributed by atoms with van der Waals surface area (Å²) in [5.74, 6) is -0.452. The number of likely N-dealkylation sites (tertiary alicyclic amines) is 1. The fraction of sp³-hybridized carbons (Fsp3) is 0.400. The van der Waals surface area contributed by atoms with E-state index in [1.165, 1.54) is 18.4 Å². The lowest BCUT2D eigenvalue weighted by Crippen LogP contribution is -2.44. The highest BCUT2D eigenvalue weighted by atomic mass is 32.1. The lowest BCUT2D eigenvalue weighted by molar-refractivity contribution is -0.123. The van der Waals surface area contributed by atoms with Crippen LogP contribution in [-0.4, -0.2) is 54.4 Å². The number of aryl methyl sites for hydroxylation is 1. The van der Waals surface area contributed by atoms with E-state index in [9.17, 15) is 14.4 Å². The van der Waals surface area contributed by atoms with E-state index in [2.05, 4.69) is 15.6 Å². The number of anilines is 2. The molecule has 2 amide bonds. The van der Waals surface area contributed by atoms with Gasteiger partial charge in [0.2, 0.25) is 11.8 Å². The van der Waals surface area contributed by atoms with Gasteiger partial charge in [-0.05, 0) is 49.9 Å². The second-order valence-corrected chi connectivity index (χ2v) is 7.85. The van der Waals surface area contributed by atoms with Crippen molar-refractivity contribution in [2.45, 2.75) is 19.8 Å². The first-order valence-corrected chi connectivity index (χ1v) is 10.3. The largest absolute Gasteiger partial charge is 0.465 e. The number of hydrogen-bond donors (Lipinski definition) is 2. The predicted octanol–water partition coefficient (Wildman–Crippen LogP) is 2.53. The van der Waals surface area contributed by atoms with Gasteiger partial charge < -0.3 is 15.4 Å². The molecule has 2 N–H and O–H groups in total. The summed E-state index contributed by atoms with van der Waals surface area (Å²) in [6.45, 7) is 3.27. The number of carbonyl (C=O) groups is 3. The molecular formula is C20H24N4O4S. The van der Waals surface area contributed by atoms with E-state index in [1.54, 1.807) is 17.5 Å². The van der Waals surface area contributed by atoms with Gasteiger partial charge in [0.1, 0.15) is 10.7 Å². The fourth-order valence-electron chi connectivity index (χ4n) is 3.31. The van der Waals surface area contributed by atoms with E-state index in [-0.39, 0.29) is 24.3 Å². The highest BCUT2D eigenvalue weighted by Crippen LogP contribution is 2.23. The van der Waals surface area contributed by atoms with Crippen molar-refractivity contribution in [3.63, 3.8) is 0 Å². The second kappa shape index (κ2) is 9.62. The van der Waals surface area contributed by atoms with Crippen LogP contribution >= 0.6 is 11.3 Å². The molecule has 0 radical (unpaired) electrons. The number of esters is 1. The number of pyridine rings is 1. The SMILES string of the molecule is COC(=O)c1sccc1NC(=O)CN1CCCC(C(=O)Nc2cccc(C)n2)C1. The summed E-state index contributed by atoms with van der Waals surface area (Å²) in [6.07, 6.45) is 1.60. The maximum absolute atomic E-state index is 12.6. The van der Waals surface area contributed by atoms with Gasteiger partial charge in [-0.3, -0.25) is 14.5 Å². The number of amides is 2. The number of nitrogens with one attached hydrogen (secondary N) is 2. The van der Waals surface area contributed by atoms with Crippen LogP contribution in [0.4, 0.5) is 11.5 Å². The molecule has 1 unspecified atom stereocenters. The van der Waals surface area contributed by atoms with Crippen molar-refractivity contribution in [1.29, 1.82) is 0 Å². The van der Waals surface area contributed by atoms with Crippen molar-refractivity contribution in [1.82, 2.24) is 9.88 Å². The Kier molecular flexibility index (Phi) is 6.95. The lowest BCUT2D eigenvalue weighted by Gasteiger charge is -2.31. The zero-order chi connectivity index (χ0) is 20.8. The van der Waals surface area contributed by atoms with Crippen molar-refractivity contribution in [2.75, 3.05) is 37.4 Å². The Morgan fingerprint density at radius 1 is 1.28 bits per heavy atom. The molecule has 0 bridgehead atoms. The first-order chi connectivity index (χ1) is 14.0. The van der Waals surface area contributed by atoms with Gasteiger partial charge in [-0.1, -0.05) is 6.07 Å². The molecule has 29 heavy (non-hydrogen) atoms. The van der Waals surface area contributed by atoms with Crippen LogP contribution in [0.1, 0.15) is 28.2 Å². The van der Waals surface area contributed by atoms with Crippen LogP contribution in [0.2, 0.25) is 0 Å². The fourth-order valence-corrected chi connectivity index (χ4v) is 4.07. The minimum atomic E-state index is -0.477. The summed E-state index contributed by atoms with van der Waals surface area (Å²) in [6, 6.07) is 7.16. The van der Waals surface area contributed by atoms with Gasteiger partial charge in [0, 0.05) is 12.2 Å². The summed E-state index contributed by atoms with van der Waals surface area (Å²) in [7, 11) is 1.30. The van der Waals surface area contributed by atoms with Crippen LogP contribution in [0.5, 0.6) is 0 Å².